The predicted molar refractivity (Wildman–Crippen MR) is 116 cm³/mol. The summed E-state index contributed by atoms with van der Waals surface area (Å²) in [4.78, 5) is 12.3. The molecule has 2 N–H and O–H groups in total. The third kappa shape index (κ3) is 5.17. The summed E-state index contributed by atoms with van der Waals surface area (Å²) < 4.78 is 26.4. The first-order chi connectivity index (χ1) is 14.2. The van der Waals surface area contributed by atoms with Crippen LogP contribution < -0.4 is 10.6 Å². The highest BCUT2D eigenvalue weighted by Crippen LogP contribution is 2.42. The zero-order valence-corrected chi connectivity index (χ0v) is 18.7. The molecule has 1 unspecified atom stereocenters. The molecule has 1 fully saturated rings. The number of carbonyl (C=O) groups is 1. The van der Waals surface area contributed by atoms with E-state index in [1.165, 1.54) is 17.8 Å². The summed E-state index contributed by atoms with van der Waals surface area (Å²) in [5.41, 5.74) is 1.78. The van der Waals surface area contributed by atoms with E-state index >= 15 is 0 Å². The van der Waals surface area contributed by atoms with Crippen LogP contribution in [0.4, 0.5) is 10.5 Å². The number of benzene rings is 1. The monoisotopic (exact) mass is 434 g/mol. The van der Waals surface area contributed by atoms with Gasteiger partial charge in [-0.2, -0.15) is 0 Å². The van der Waals surface area contributed by atoms with Crippen molar-refractivity contribution < 1.29 is 13.2 Å². The van der Waals surface area contributed by atoms with Crippen LogP contribution in [0, 0.1) is 5.92 Å². The van der Waals surface area contributed by atoms with Crippen molar-refractivity contribution in [2.75, 3.05) is 25.2 Å². The Hall–Kier alpha value is -2.46. The van der Waals surface area contributed by atoms with Gasteiger partial charge in [-0.3, -0.25) is 0 Å². The first-order valence-corrected chi connectivity index (χ1v) is 11.9. The molecule has 0 bridgehead atoms. The first kappa shape index (κ1) is 22.2. The van der Waals surface area contributed by atoms with Crippen LogP contribution in [-0.2, 0) is 17.1 Å². The maximum Gasteiger partial charge on any atom is 0.319 e. The fraction of sp³-hybridized carbons (Fsp3) is 0.550. The highest BCUT2D eigenvalue weighted by Gasteiger charge is 2.32. The van der Waals surface area contributed by atoms with Crippen LogP contribution in [0.3, 0.4) is 0 Å². The number of rotatable bonds is 8. The molecule has 1 aliphatic rings. The molecule has 1 heterocycles. The van der Waals surface area contributed by atoms with Gasteiger partial charge in [0.15, 0.2) is 0 Å². The maximum absolute atomic E-state index is 12.3. The number of aryl methyl sites for hydroxylation is 1. The van der Waals surface area contributed by atoms with Gasteiger partial charge in [-0.25, -0.2) is 17.5 Å². The molecule has 1 saturated carbocycles. The fourth-order valence-electron chi connectivity index (χ4n) is 3.66. The van der Waals surface area contributed by atoms with Gasteiger partial charge in [0.25, 0.3) is 0 Å². The molecule has 3 rings (SSSR count). The molecule has 0 aliphatic heterocycles. The molecule has 2 amide bonds. The van der Waals surface area contributed by atoms with Crippen molar-refractivity contribution >= 4 is 21.7 Å². The molecular weight excluding hydrogens is 404 g/mol. The summed E-state index contributed by atoms with van der Waals surface area (Å²) in [7, 11) is 0.140. The molecule has 10 heteroatoms. The van der Waals surface area contributed by atoms with Crippen LogP contribution in [0.5, 0.6) is 0 Å². The van der Waals surface area contributed by atoms with Gasteiger partial charge in [-0.1, -0.05) is 18.6 Å². The average molecular weight is 435 g/mol. The largest absolute Gasteiger partial charge is 0.336 e. The molecule has 2 aromatic rings. The molecule has 0 radical (unpaired) electrons. The van der Waals surface area contributed by atoms with Gasteiger partial charge >= 0.3 is 6.03 Å². The molecule has 0 spiro atoms. The van der Waals surface area contributed by atoms with Crippen LogP contribution in [0.2, 0.25) is 0 Å². The number of urea groups is 1. The normalized spacial score (nSPS) is 16.7. The Morgan fingerprint density at radius 1 is 1.37 bits per heavy atom. The average Bonchev–Trinajstić information content (AvgIpc) is 3.06. The minimum atomic E-state index is -3.31. The molecule has 1 aromatic carbocycles. The molecule has 9 nitrogen and oxygen atoms in total. The molecule has 30 heavy (non-hydrogen) atoms. The van der Waals surface area contributed by atoms with E-state index in [4.69, 9.17) is 0 Å². The first-order valence-electron chi connectivity index (χ1n) is 10.1. The SMILES string of the molecule is CC(CNC(=O)Nc1cccc([C@H](c2nncn2C)C2CCC2)c1)N(C)S(C)(=O)=O. The number of amides is 2. The van der Waals surface area contributed by atoms with Crippen LogP contribution in [0.1, 0.15) is 43.5 Å². The van der Waals surface area contributed by atoms with Crippen LogP contribution in [0.15, 0.2) is 30.6 Å². The Morgan fingerprint density at radius 2 is 2.10 bits per heavy atom. The molecular formula is C20H30N6O3S. The maximum atomic E-state index is 12.3. The summed E-state index contributed by atoms with van der Waals surface area (Å²) in [6.07, 6.45) is 6.39. The number of nitrogens with zero attached hydrogens (tertiary/aromatic N) is 4. The number of aromatic nitrogens is 3. The molecule has 164 valence electrons. The van der Waals surface area contributed by atoms with Gasteiger partial charge in [0, 0.05) is 38.3 Å². The molecule has 2 atom stereocenters. The fourth-order valence-corrected chi connectivity index (χ4v) is 4.39. The smallest absolute Gasteiger partial charge is 0.319 e. The van der Waals surface area contributed by atoms with Crippen LogP contribution in [0.25, 0.3) is 0 Å². The lowest BCUT2D eigenvalue weighted by atomic mass is 9.72. The van der Waals surface area contributed by atoms with E-state index in [1.54, 1.807) is 13.3 Å². The third-order valence-corrected chi connectivity index (χ3v) is 7.26. The van der Waals surface area contributed by atoms with E-state index in [0.717, 1.165) is 30.5 Å². The summed E-state index contributed by atoms with van der Waals surface area (Å²) in [6, 6.07) is 7.07. The Kier molecular flexibility index (Phi) is 6.77. The quantitative estimate of drug-likeness (QED) is 0.662. The van der Waals surface area contributed by atoms with Crippen molar-refractivity contribution in [3.05, 3.63) is 42.0 Å². The van der Waals surface area contributed by atoms with Crippen molar-refractivity contribution in [2.45, 2.75) is 38.1 Å². The minimum absolute atomic E-state index is 0.138. The number of hydrogen-bond acceptors (Lipinski definition) is 5. The number of anilines is 1. The van der Waals surface area contributed by atoms with E-state index in [2.05, 4.69) is 26.9 Å². The van der Waals surface area contributed by atoms with Crippen molar-refractivity contribution in [3.8, 4) is 0 Å². The predicted octanol–water partition coefficient (Wildman–Crippen LogP) is 2.15. The second kappa shape index (κ2) is 9.13. The Morgan fingerprint density at radius 3 is 2.67 bits per heavy atom. The van der Waals surface area contributed by atoms with Crippen LogP contribution >= 0.6 is 0 Å². The van der Waals surface area contributed by atoms with Gasteiger partial charge in [-0.05, 0) is 43.4 Å². The van der Waals surface area contributed by atoms with Gasteiger partial charge in [-0.15, -0.1) is 10.2 Å². The van der Waals surface area contributed by atoms with Crippen molar-refractivity contribution in [1.29, 1.82) is 0 Å². The van der Waals surface area contributed by atoms with E-state index in [1.807, 2.05) is 29.8 Å². The number of sulfonamides is 1. The highest BCUT2D eigenvalue weighted by atomic mass is 32.2. The standard InChI is InChI=1S/C20H30N6O3S/c1-14(26(3)30(4,28)29)12-21-20(27)23-17-10-6-9-16(11-17)18(15-7-5-8-15)19-24-22-13-25(19)2/h6,9-11,13-15,18H,5,7-8,12H2,1-4H3,(H2,21,23,27)/t14?,18-/m1/s1. The van der Waals surface area contributed by atoms with E-state index in [9.17, 15) is 13.2 Å². The molecule has 0 saturated heterocycles. The van der Waals surface area contributed by atoms with E-state index in [-0.39, 0.29) is 24.5 Å². The lowest BCUT2D eigenvalue weighted by molar-refractivity contribution is 0.249. The second-order valence-electron chi connectivity index (χ2n) is 8.06. The summed E-state index contributed by atoms with van der Waals surface area (Å²) in [5.74, 6) is 1.59. The second-order valence-corrected chi connectivity index (χ2v) is 10.1. The third-order valence-electron chi connectivity index (χ3n) is 5.85. The number of hydrogen-bond donors (Lipinski definition) is 2. The van der Waals surface area contributed by atoms with Crippen molar-refractivity contribution in [1.82, 2.24) is 24.4 Å². The number of likely N-dealkylation sites (N-methyl/N-ethyl adjacent to an activating group) is 1. The Balaban J connectivity index is 1.67. The topological polar surface area (TPSA) is 109 Å². The Labute approximate surface area is 177 Å². The lowest BCUT2D eigenvalue weighted by Crippen LogP contribution is -2.43. The summed E-state index contributed by atoms with van der Waals surface area (Å²) in [6.45, 7) is 1.95. The minimum Gasteiger partial charge on any atom is -0.336 e. The molecule has 1 aromatic heterocycles. The van der Waals surface area contributed by atoms with Gasteiger partial charge in [0.2, 0.25) is 10.0 Å². The summed E-state index contributed by atoms with van der Waals surface area (Å²) >= 11 is 0. The number of carbonyl (C=O) groups excluding carboxylic acids is 1. The van der Waals surface area contributed by atoms with E-state index in [0.29, 0.717) is 11.6 Å². The Bertz CT molecular complexity index is 986. The summed E-state index contributed by atoms with van der Waals surface area (Å²) in [5, 5.41) is 13.9. The van der Waals surface area contributed by atoms with Gasteiger partial charge in [0.1, 0.15) is 12.2 Å². The highest BCUT2D eigenvalue weighted by molar-refractivity contribution is 7.88. The zero-order valence-electron chi connectivity index (χ0n) is 17.9. The lowest BCUT2D eigenvalue weighted by Gasteiger charge is -2.33. The van der Waals surface area contributed by atoms with Gasteiger partial charge < -0.3 is 15.2 Å². The number of nitrogens with one attached hydrogen (secondary N) is 2. The van der Waals surface area contributed by atoms with Crippen molar-refractivity contribution in [3.63, 3.8) is 0 Å². The van der Waals surface area contributed by atoms with Gasteiger partial charge in [0.05, 0.1) is 6.26 Å². The van der Waals surface area contributed by atoms with Crippen LogP contribution in [-0.4, -0.2) is 59.4 Å². The zero-order chi connectivity index (χ0) is 21.9. The molecule has 1 aliphatic carbocycles. The van der Waals surface area contributed by atoms with Crippen molar-refractivity contribution in [2.24, 2.45) is 13.0 Å². The van der Waals surface area contributed by atoms with E-state index < -0.39 is 10.0 Å².